The van der Waals surface area contributed by atoms with Crippen LogP contribution in [-0.2, 0) is 0 Å². The van der Waals surface area contributed by atoms with Crippen LogP contribution in [0.2, 0.25) is 0 Å². The van der Waals surface area contributed by atoms with Crippen molar-refractivity contribution < 1.29 is 9.84 Å². The number of aromatic nitrogens is 1. The molecular weight excluding hydrogens is 240 g/mol. The van der Waals surface area contributed by atoms with Gasteiger partial charge in [-0.1, -0.05) is 25.7 Å². The van der Waals surface area contributed by atoms with Gasteiger partial charge in [-0.3, -0.25) is 0 Å². The van der Waals surface area contributed by atoms with Gasteiger partial charge in [-0.2, -0.15) is 0 Å². The van der Waals surface area contributed by atoms with Crippen LogP contribution in [0.5, 0.6) is 5.88 Å². The van der Waals surface area contributed by atoms with E-state index >= 15 is 0 Å². The van der Waals surface area contributed by atoms with Crippen molar-refractivity contribution in [3.05, 3.63) is 18.3 Å². The van der Waals surface area contributed by atoms with Crippen LogP contribution in [0.15, 0.2) is 18.3 Å². The largest absolute Gasteiger partial charge is 0.478 e. The minimum atomic E-state index is -0.560. The van der Waals surface area contributed by atoms with Gasteiger partial charge in [0.05, 0.1) is 24.1 Å². The number of pyridine rings is 1. The number of hydrogen-bond acceptors (Lipinski definition) is 4. The van der Waals surface area contributed by atoms with Gasteiger partial charge in [-0.25, -0.2) is 4.98 Å². The summed E-state index contributed by atoms with van der Waals surface area (Å²) in [5.74, 6) is 0.640. The molecule has 19 heavy (non-hydrogen) atoms. The fourth-order valence-electron chi connectivity index (χ4n) is 2.55. The molecule has 0 unspecified atom stereocenters. The number of nitrogens with zero attached hydrogens (tertiary/aromatic N) is 1. The van der Waals surface area contributed by atoms with Crippen molar-refractivity contribution in [3.63, 3.8) is 0 Å². The van der Waals surface area contributed by atoms with Crippen LogP contribution < -0.4 is 10.1 Å². The first kappa shape index (κ1) is 14.1. The fraction of sp³-hybridized carbons (Fsp3) is 0.667. The quantitative estimate of drug-likeness (QED) is 0.803. The molecule has 1 aromatic heterocycles. The summed E-state index contributed by atoms with van der Waals surface area (Å²) in [5.41, 5.74) is 0.371. The smallest absolute Gasteiger partial charge is 0.213 e. The molecule has 0 aromatic carbocycles. The Hall–Kier alpha value is -1.29. The summed E-state index contributed by atoms with van der Waals surface area (Å²) in [6, 6.07) is 3.79. The number of hydrogen-bond donors (Lipinski definition) is 2. The van der Waals surface area contributed by atoms with Crippen molar-refractivity contribution in [1.82, 2.24) is 4.98 Å². The minimum Gasteiger partial charge on any atom is -0.478 e. The summed E-state index contributed by atoms with van der Waals surface area (Å²) in [7, 11) is 0. The van der Waals surface area contributed by atoms with Crippen LogP contribution in [0.4, 0.5) is 5.69 Å². The number of nitrogens with one attached hydrogen (secondary N) is 1. The summed E-state index contributed by atoms with van der Waals surface area (Å²) in [4.78, 5) is 4.21. The predicted molar refractivity (Wildman–Crippen MR) is 76.5 cm³/mol. The number of rotatable bonds is 5. The summed E-state index contributed by atoms with van der Waals surface area (Å²) in [5, 5.41) is 13.8. The van der Waals surface area contributed by atoms with E-state index in [-0.39, 0.29) is 0 Å². The molecule has 1 aliphatic carbocycles. The molecular formula is C15H24N2O2. The van der Waals surface area contributed by atoms with Gasteiger partial charge in [0.2, 0.25) is 5.88 Å². The zero-order valence-corrected chi connectivity index (χ0v) is 11.7. The molecule has 0 aliphatic heterocycles. The van der Waals surface area contributed by atoms with E-state index in [1.54, 1.807) is 6.20 Å². The van der Waals surface area contributed by atoms with E-state index in [2.05, 4.69) is 10.3 Å². The first-order valence-electron chi connectivity index (χ1n) is 7.27. The number of aliphatic hydroxyl groups is 1. The summed E-state index contributed by atoms with van der Waals surface area (Å²) >= 11 is 0. The molecule has 0 saturated heterocycles. The normalized spacial score (nSPS) is 18.6. The van der Waals surface area contributed by atoms with Crippen LogP contribution in [0, 0.1) is 0 Å². The average Bonchev–Trinajstić information content (AvgIpc) is 2.64. The highest BCUT2D eigenvalue weighted by Crippen LogP contribution is 2.27. The second-order valence-electron chi connectivity index (χ2n) is 5.31. The minimum absolute atomic E-state index is 0.560. The highest BCUT2D eigenvalue weighted by atomic mass is 16.5. The first-order valence-corrected chi connectivity index (χ1v) is 7.27. The van der Waals surface area contributed by atoms with Crippen molar-refractivity contribution in [1.29, 1.82) is 0 Å². The average molecular weight is 264 g/mol. The molecule has 1 fully saturated rings. The summed E-state index contributed by atoms with van der Waals surface area (Å²) in [6.45, 7) is 3.16. The molecule has 1 aliphatic rings. The Bertz CT molecular complexity index is 370. The lowest BCUT2D eigenvalue weighted by atomic mass is 9.94. The molecule has 1 heterocycles. The highest BCUT2D eigenvalue weighted by Gasteiger charge is 2.27. The molecule has 2 rings (SSSR count). The Kier molecular flexibility index (Phi) is 5.02. The van der Waals surface area contributed by atoms with Crippen molar-refractivity contribution in [2.75, 3.05) is 18.5 Å². The lowest BCUT2D eigenvalue weighted by Gasteiger charge is -2.27. The van der Waals surface area contributed by atoms with Gasteiger partial charge >= 0.3 is 0 Å². The van der Waals surface area contributed by atoms with Crippen LogP contribution in [0.1, 0.15) is 45.4 Å². The Morgan fingerprint density at radius 1 is 1.26 bits per heavy atom. The van der Waals surface area contributed by atoms with Crippen molar-refractivity contribution in [2.24, 2.45) is 0 Å². The molecule has 0 amide bonds. The Balaban J connectivity index is 1.86. The van der Waals surface area contributed by atoms with Gasteiger partial charge in [-0.05, 0) is 25.8 Å². The topological polar surface area (TPSA) is 54.4 Å². The van der Waals surface area contributed by atoms with E-state index in [4.69, 9.17) is 4.74 Å². The van der Waals surface area contributed by atoms with Gasteiger partial charge in [0.1, 0.15) is 0 Å². The second-order valence-corrected chi connectivity index (χ2v) is 5.31. The van der Waals surface area contributed by atoms with E-state index in [1.807, 2.05) is 19.1 Å². The molecule has 4 heteroatoms. The van der Waals surface area contributed by atoms with Crippen molar-refractivity contribution in [2.45, 2.75) is 51.0 Å². The predicted octanol–water partition coefficient (Wildman–Crippen LogP) is 2.98. The number of ether oxygens (including phenoxy) is 1. The molecule has 1 aromatic rings. The zero-order valence-electron chi connectivity index (χ0n) is 11.7. The van der Waals surface area contributed by atoms with Crippen molar-refractivity contribution in [3.8, 4) is 5.88 Å². The molecule has 4 nitrogen and oxygen atoms in total. The van der Waals surface area contributed by atoms with Gasteiger partial charge in [0.25, 0.3) is 0 Å². The monoisotopic (exact) mass is 264 g/mol. The lowest BCUT2D eigenvalue weighted by Crippen LogP contribution is -2.36. The molecule has 2 N–H and O–H groups in total. The summed E-state index contributed by atoms with van der Waals surface area (Å²) < 4.78 is 5.30. The maximum Gasteiger partial charge on any atom is 0.213 e. The van der Waals surface area contributed by atoms with E-state index in [0.29, 0.717) is 19.0 Å². The van der Waals surface area contributed by atoms with E-state index < -0.39 is 5.60 Å². The molecule has 0 atom stereocenters. The maximum absolute atomic E-state index is 10.5. The third kappa shape index (κ3) is 4.39. The van der Waals surface area contributed by atoms with Gasteiger partial charge < -0.3 is 15.2 Å². The van der Waals surface area contributed by atoms with E-state index in [0.717, 1.165) is 31.4 Å². The molecule has 0 radical (unpaired) electrons. The highest BCUT2D eigenvalue weighted by molar-refractivity contribution is 5.42. The standard InChI is InChI=1S/C15H24N2O2/c1-2-19-14-8-7-13(11-16-14)17-12-15(18)9-5-3-4-6-10-15/h7-8,11,17-18H,2-6,9-10,12H2,1H3. The SMILES string of the molecule is CCOc1ccc(NCC2(O)CCCCCC2)cn1. The van der Waals surface area contributed by atoms with Gasteiger partial charge in [-0.15, -0.1) is 0 Å². The molecule has 0 bridgehead atoms. The Morgan fingerprint density at radius 3 is 2.58 bits per heavy atom. The lowest BCUT2D eigenvalue weighted by molar-refractivity contribution is 0.0381. The van der Waals surface area contributed by atoms with Gasteiger partial charge in [0, 0.05) is 12.6 Å². The molecule has 1 saturated carbocycles. The third-order valence-electron chi connectivity index (χ3n) is 3.68. The van der Waals surface area contributed by atoms with E-state index in [9.17, 15) is 5.11 Å². The van der Waals surface area contributed by atoms with Crippen LogP contribution in [0.3, 0.4) is 0 Å². The van der Waals surface area contributed by atoms with Crippen LogP contribution in [-0.4, -0.2) is 28.8 Å². The summed E-state index contributed by atoms with van der Waals surface area (Å²) in [6.07, 6.45) is 8.28. The molecule has 106 valence electrons. The second kappa shape index (κ2) is 6.75. The molecule has 0 spiro atoms. The fourth-order valence-corrected chi connectivity index (χ4v) is 2.55. The van der Waals surface area contributed by atoms with Crippen LogP contribution >= 0.6 is 0 Å². The third-order valence-corrected chi connectivity index (χ3v) is 3.68. The van der Waals surface area contributed by atoms with E-state index in [1.165, 1.54) is 12.8 Å². The Labute approximate surface area is 115 Å². The Morgan fingerprint density at radius 2 is 2.00 bits per heavy atom. The number of anilines is 1. The van der Waals surface area contributed by atoms with Crippen molar-refractivity contribution >= 4 is 5.69 Å². The van der Waals surface area contributed by atoms with Crippen LogP contribution in [0.25, 0.3) is 0 Å². The van der Waals surface area contributed by atoms with Gasteiger partial charge in [0.15, 0.2) is 0 Å². The first-order chi connectivity index (χ1) is 9.22. The maximum atomic E-state index is 10.5. The zero-order chi connectivity index (χ0) is 13.6.